The van der Waals surface area contributed by atoms with Gasteiger partial charge in [-0.1, -0.05) is 40.5 Å². The van der Waals surface area contributed by atoms with Crippen molar-refractivity contribution in [2.45, 2.75) is 19.4 Å². The van der Waals surface area contributed by atoms with Gasteiger partial charge in [0.15, 0.2) is 0 Å². The largest absolute Gasteiger partial charge is 0.305 e. The third-order valence-electron chi connectivity index (χ3n) is 3.10. The average Bonchev–Trinajstić information content (AvgIpc) is 2.73. The van der Waals surface area contributed by atoms with Crippen molar-refractivity contribution in [1.82, 2.24) is 15.1 Å². The first-order valence-corrected chi connectivity index (χ1v) is 7.58. The predicted octanol–water partition coefficient (Wildman–Crippen LogP) is 4.06. The monoisotopic (exact) mass is 359 g/mol. The standard InChI is InChI=1S/C14H16BrClFN3/c1-3-7-18-13(14-10(16)8-19-20(14)2)12-9(15)5-4-6-11(12)17/h4-6,8,13,18H,3,7H2,1-2H3. The van der Waals surface area contributed by atoms with Crippen LogP contribution in [-0.2, 0) is 7.05 Å². The lowest BCUT2D eigenvalue weighted by Gasteiger charge is -2.21. The number of aromatic nitrogens is 2. The summed E-state index contributed by atoms with van der Waals surface area (Å²) in [4.78, 5) is 0. The summed E-state index contributed by atoms with van der Waals surface area (Å²) < 4.78 is 16.6. The zero-order chi connectivity index (χ0) is 14.7. The SMILES string of the molecule is CCCNC(c1c(F)cccc1Br)c1c(Cl)cnn1C. The first-order chi connectivity index (χ1) is 9.56. The molecule has 0 bridgehead atoms. The van der Waals surface area contributed by atoms with Crippen LogP contribution in [0.2, 0.25) is 5.02 Å². The third-order valence-corrected chi connectivity index (χ3v) is 4.08. The van der Waals surface area contributed by atoms with Crippen molar-refractivity contribution in [1.29, 1.82) is 0 Å². The normalized spacial score (nSPS) is 12.7. The van der Waals surface area contributed by atoms with E-state index in [0.29, 0.717) is 15.1 Å². The van der Waals surface area contributed by atoms with E-state index in [0.717, 1.165) is 18.7 Å². The zero-order valence-corrected chi connectivity index (χ0v) is 13.7. The van der Waals surface area contributed by atoms with E-state index in [2.05, 4.69) is 33.3 Å². The molecule has 0 radical (unpaired) electrons. The number of rotatable bonds is 5. The van der Waals surface area contributed by atoms with Crippen LogP contribution < -0.4 is 5.32 Å². The van der Waals surface area contributed by atoms with Crippen molar-refractivity contribution in [3.05, 3.63) is 51.0 Å². The van der Waals surface area contributed by atoms with E-state index < -0.39 is 0 Å². The Morgan fingerprint density at radius 1 is 1.50 bits per heavy atom. The molecule has 2 aromatic rings. The minimum Gasteiger partial charge on any atom is -0.305 e. The van der Waals surface area contributed by atoms with E-state index in [1.54, 1.807) is 24.0 Å². The highest BCUT2D eigenvalue weighted by atomic mass is 79.9. The second-order valence-corrected chi connectivity index (χ2v) is 5.79. The highest BCUT2D eigenvalue weighted by Crippen LogP contribution is 2.33. The average molecular weight is 361 g/mol. The molecule has 0 fully saturated rings. The molecule has 1 atom stereocenters. The van der Waals surface area contributed by atoms with Gasteiger partial charge in [-0.3, -0.25) is 4.68 Å². The fourth-order valence-electron chi connectivity index (χ4n) is 2.16. The van der Waals surface area contributed by atoms with Gasteiger partial charge < -0.3 is 5.32 Å². The van der Waals surface area contributed by atoms with Crippen molar-refractivity contribution >= 4 is 27.5 Å². The van der Waals surface area contributed by atoms with Crippen molar-refractivity contribution in [3.63, 3.8) is 0 Å². The van der Waals surface area contributed by atoms with Crippen LogP contribution in [0.25, 0.3) is 0 Å². The van der Waals surface area contributed by atoms with E-state index in [-0.39, 0.29) is 11.9 Å². The molecule has 108 valence electrons. The van der Waals surface area contributed by atoms with Gasteiger partial charge in [-0.2, -0.15) is 5.10 Å². The molecule has 0 saturated carbocycles. The number of aryl methyl sites for hydroxylation is 1. The Morgan fingerprint density at radius 2 is 2.25 bits per heavy atom. The maximum atomic E-state index is 14.2. The fourth-order valence-corrected chi connectivity index (χ4v) is 3.00. The number of hydrogen-bond donors (Lipinski definition) is 1. The van der Waals surface area contributed by atoms with Gasteiger partial charge in [0, 0.05) is 17.1 Å². The van der Waals surface area contributed by atoms with Crippen LogP contribution in [0.15, 0.2) is 28.9 Å². The molecule has 1 aromatic heterocycles. The highest BCUT2D eigenvalue weighted by molar-refractivity contribution is 9.10. The van der Waals surface area contributed by atoms with Crippen LogP contribution in [0.1, 0.15) is 30.6 Å². The van der Waals surface area contributed by atoms with Gasteiger partial charge in [-0.15, -0.1) is 0 Å². The molecule has 3 nitrogen and oxygen atoms in total. The molecule has 2 rings (SSSR count). The first-order valence-electron chi connectivity index (χ1n) is 6.41. The summed E-state index contributed by atoms with van der Waals surface area (Å²) in [5.74, 6) is -0.273. The van der Waals surface area contributed by atoms with Crippen molar-refractivity contribution < 1.29 is 4.39 Å². The Morgan fingerprint density at radius 3 is 2.80 bits per heavy atom. The second-order valence-electron chi connectivity index (χ2n) is 4.52. The quantitative estimate of drug-likeness (QED) is 0.871. The van der Waals surface area contributed by atoms with Gasteiger partial charge in [0.05, 0.1) is 23.0 Å². The van der Waals surface area contributed by atoms with Crippen molar-refractivity contribution in [2.24, 2.45) is 7.05 Å². The predicted molar refractivity (Wildman–Crippen MR) is 82.5 cm³/mol. The number of benzene rings is 1. The van der Waals surface area contributed by atoms with E-state index >= 15 is 0 Å². The van der Waals surface area contributed by atoms with Gasteiger partial charge >= 0.3 is 0 Å². The number of nitrogens with one attached hydrogen (secondary N) is 1. The molecule has 0 aliphatic carbocycles. The number of nitrogens with zero attached hydrogens (tertiary/aromatic N) is 2. The number of halogens is 3. The van der Waals surface area contributed by atoms with Crippen LogP contribution >= 0.6 is 27.5 Å². The molecular weight excluding hydrogens is 345 g/mol. The topological polar surface area (TPSA) is 29.9 Å². The Kier molecular flexibility index (Phi) is 5.18. The van der Waals surface area contributed by atoms with E-state index in [1.807, 2.05) is 6.07 Å². The molecule has 6 heteroatoms. The van der Waals surface area contributed by atoms with E-state index in [1.165, 1.54) is 6.07 Å². The van der Waals surface area contributed by atoms with Gasteiger partial charge in [0.25, 0.3) is 0 Å². The Labute approximate surface area is 131 Å². The van der Waals surface area contributed by atoms with Crippen LogP contribution in [0.3, 0.4) is 0 Å². The second kappa shape index (κ2) is 6.70. The first kappa shape index (κ1) is 15.5. The van der Waals surface area contributed by atoms with Gasteiger partial charge in [0.2, 0.25) is 0 Å². The Bertz CT molecular complexity index is 560. The lowest BCUT2D eigenvalue weighted by Crippen LogP contribution is -2.26. The summed E-state index contributed by atoms with van der Waals surface area (Å²) in [7, 11) is 1.80. The zero-order valence-electron chi connectivity index (χ0n) is 11.3. The van der Waals surface area contributed by atoms with Crippen LogP contribution in [0, 0.1) is 5.82 Å². The van der Waals surface area contributed by atoms with Crippen molar-refractivity contribution in [2.75, 3.05) is 6.54 Å². The molecule has 0 saturated heterocycles. The maximum Gasteiger partial charge on any atom is 0.129 e. The lowest BCUT2D eigenvalue weighted by atomic mass is 10.0. The van der Waals surface area contributed by atoms with Crippen molar-refractivity contribution in [3.8, 4) is 0 Å². The summed E-state index contributed by atoms with van der Waals surface area (Å²) in [5.41, 5.74) is 1.30. The Balaban J connectivity index is 2.53. The number of hydrogen-bond acceptors (Lipinski definition) is 2. The van der Waals surface area contributed by atoms with E-state index in [4.69, 9.17) is 11.6 Å². The summed E-state index contributed by atoms with van der Waals surface area (Å²) in [5, 5.41) is 8.00. The van der Waals surface area contributed by atoms with Crippen LogP contribution in [0.5, 0.6) is 0 Å². The van der Waals surface area contributed by atoms with Crippen LogP contribution in [0.4, 0.5) is 4.39 Å². The van der Waals surface area contributed by atoms with E-state index in [9.17, 15) is 4.39 Å². The highest BCUT2D eigenvalue weighted by Gasteiger charge is 2.25. The molecule has 20 heavy (non-hydrogen) atoms. The molecule has 0 spiro atoms. The summed E-state index contributed by atoms with van der Waals surface area (Å²) >= 11 is 9.63. The van der Waals surface area contributed by atoms with Crippen LogP contribution in [-0.4, -0.2) is 16.3 Å². The van der Waals surface area contributed by atoms with Gasteiger partial charge in [-0.05, 0) is 25.1 Å². The minimum atomic E-state index is -0.342. The smallest absolute Gasteiger partial charge is 0.129 e. The lowest BCUT2D eigenvalue weighted by molar-refractivity contribution is 0.518. The fraction of sp³-hybridized carbons (Fsp3) is 0.357. The summed E-state index contributed by atoms with van der Waals surface area (Å²) in [6.07, 6.45) is 2.52. The summed E-state index contributed by atoms with van der Waals surface area (Å²) in [6.45, 7) is 2.82. The molecule has 1 unspecified atom stereocenters. The van der Waals surface area contributed by atoms with Gasteiger partial charge in [0.1, 0.15) is 5.82 Å². The molecule has 0 aliphatic heterocycles. The molecular formula is C14H16BrClFN3. The maximum absolute atomic E-state index is 14.2. The third kappa shape index (κ3) is 3.05. The molecule has 0 amide bonds. The summed E-state index contributed by atoms with van der Waals surface area (Å²) in [6, 6.07) is 4.60. The molecule has 1 aromatic carbocycles. The molecule has 0 aliphatic rings. The molecule has 1 heterocycles. The Hall–Kier alpha value is -0.910. The van der Waals surface area contributed by atoms with Gasteiger partial charge in [-0.25, -0.2) is 4.39 Å². The molecule has 1 N–H and O–H groups in total. The minimum absolute atomic E-state index is 0.273.